The number of carbonyl (C=O) groups is 6. The van der Waals surface area contributed by atoms with Gasteiger partial charge in [0.15, 0.2) is 6.61 Å². The van der Waals surface area contributed by atoms with Crippen LogP contribution in [0.15, 0.2) is 78.9 Å². The number of carbonyl (C=O) groups excluding carboxylic acids is 6. The molecule has 3 aromatic carbocycles. The van der Waals surface area contributed by atoms with E-state index in [2.05, 4.69) is 29.2 Å². The predicted octanol–water partition coefficient (Wildman–Crippen LogP) is 2.00. The van der Waals surface area contributed by atoms with Crippen molar-refractivity contribution in [3.05, 3.63) is 101 Å². The molecule has 13 heteroatoms. The van der Waals surface area contributed by atoms with Crippen molar-refractivity contribution in [2.45, 2.75) is 31.3 Å². The van der Waals surface area contributed by atoms with Crippen LogP contribution in [0.1, 0.15) is 57.1 Å². The number of fused-ring (bicyclic) bond motifs is 1. The van der Waals surface area contributed by atoms with Crippen LogP contribution in [0.25, 0.3) is 0 Å². The molecule has 50 heavy (non-hydrogen) atoms. The van der Waals surface area contributed by atoms with Gasteiger partial charge in [0.2, 0.25) is 11.8 Å². The molecule has 1 unspecified atom stereocenters. The van der Waals surface area contributed by atoms with E-state index in [-0.39, 0.29) is 67.8 Å². The molecule has 0 aliphatic carbocycles. The van der Waals surface area contributed by atoms with Crippen molar-refractivity contribution in [3.8, 4) is 5.75 Å². The van der Waals surface area contributed by atoms with Crippen LogP contribution in [0.2, 0.25) is 0 Å². The van der Waals surface area contributed by atoms with Gasteiger partial charge in [-0.3, -0.25) is 43.5 Å². The highest BCUT2D eigenvalue weighted by Crippen LogP contribution is 2.34. The lowest BCUT2D eigenvalue weighted by Crippen LogP contribution is -2.56. The van der Waals surface area contributed by atoms with Crippen LogP contribution >= 0.6 is 0 Å². The molecule has 0 spiro atoms. The quantitative estimate of drug-likeness (QED) is 0.210. The third kappa shape index (κ3) is 7.28. The lowest BCUT2D eigenvalue weighted by molar-refractivity contribution is -0.152. The fourth-order valence-corrected chi connectivity index (χ4v) is 6.81. The van der Waals surface area contributed by atoms with E-state index in [1.54, 1.807) is 0 Å². The monoisotopic (exact) mass is 681 g/mol. The molecule has 2 N–H and O–H groups in total. The standard InChI is InChI=1S/C37H39N5O8/c38-30(43)24-50-29-13-7-12-27-33(29)37(48)42(35(27)46)28-14-15-32(45)41(36(28)47)21-23-49-22-16-31(44)39-17-19-40(20-18-39)34(25-8-3-1-4-9-25)26-10-5-2-6-11-26/h1-13,28,34H,14-24H2,(H2,38,43). The van der Waals surface area contributed by atoms with Crippen molar-refractivity contribution in [3.63, 3.8) is 0 Å². The highest BCUT2D eigenvalue weighted by atomic mass is 16.5. The van der Waals surface area contributed by atoms with Crippen molar-refractivity contribution < 1.29 is 38.2 Å². The minimum atomic E-state index is -1.19. The summed E-state index contributed by atoms with van der Waals surface area (Å²) in [6.07, 6.45) is 0.0897. The highest BCUT2D eigenvalue weighted by Gasteiger charge is 2.48. The van der Waals surface area contributed by atoms with Crippen LogP contribution in [0.5, 0.6) is 5.75 Å². The zero-order valence-electron chi connectivity index (χ0n) is 27.6. The molecule has 2 saturated heterocycles. The summed E-state index contributed by atoms with van der Waals surface area (Å²) in [6.45, 7) is 2.14. The minimum Gasteiger partial charge on any atom is -0.483 e. The Bertz CT molecular complexity index is 1720. The Balaban J connectivity index is 0.978. The SMILES string of the molecule is NC(=O)COc1cccc2c1C(=O)N(C1CCC(=O)N(CCOCCC(=O)N3CCN(C(c4ccccc4)c4ccccc4)CC3)C1=O)C2=O. The fourth-order valence-electron chi connectivity index (χ4n) is 6.81. The van der Waals surface area contributed by atoms with Gasteiger partial charge in [-0.25, -0.2) is 0 Å². The molecule has 2 fully saturated rings. The van der Waals surface area contributed by atoms with Crippen molar-refractivity contribution in [2.75, 3.05) is 52.5 Å². The van der Waals surface area contributed by atoms with Crippen LogP contribution in [-0.2, 0) is 23.9 Å². The van der Waals surface area contributed by atoms with Gasteiger partial charge < -0.3 is 20.1 Å². The molecule has 0 aromatic heterocycles. The van der Waals surface area contributed by atoms with Crippen molar-refractivity contribution in [1.29, 1.82) is 0 Å². The molecular weight excluding hydrogens is 642 g/mol. The van der Waals surface area contributed by atoms with E-state index in [1.807, 2.05) is 41.3 Å². The molecule has 3 aromatic rings. The number of imide groups is 2. The van der Waals surface area contributed by atoms with E-state index in [4.69, 9.17) is 15.2 Å². The number of piperazine rings is 1. The molecule has 1 atom stereocenters. The number of ether oxygens (including phenoxy) is 2. The molecular formula is C37H39N5O8. The Morgan fingerprint density at radius 3 is 2.10 bits per heavy atom. The first kappa shape index (κ1) is 34.5. The first-order chi connectivity index (χ1) is 24.2. The second-order valence-corrected chi connectivity index (χ2v) is 12.4. The van der Waals surface area contributed by atoms with Gasteiger partial charge in [-0.15, -0.1) is 0 Å². The van der Waals surface area contributed by atoms with Crippen LogP contribution in [-0.4, -0.2) is 114 Å². The molecule has 3 aliphatic rings. The maximum absolute atomic E-state index is 13.4. The van der Waals surface area contributed by atoms with E-state index in [9.17, 15) is 28.8 Å². The average Bonchev–Trinajstić information content (AvgIpc) is 3.39. The number of likely N-dealkylation sites (tertiary alicyclic amines) is 1. The zero-order valence-corrected chi connectivity index (χ0v) is 27.6. The molecule has 0 bridgehead atoms. The highest BCUT2D eigenvalue weighted by molar-refractivity contribution is 6.24. The molecule has 260 valence electrons. The molecule has 3 aliphatic heterocycles. The van der Waals surface area contributed by atoms with Gasteiger partial charge in [0.05, 0.1) is 43.3 Å². The first-order valence-electron chi connectivity index (χ1n) is 16.7. The number of piperidine rings is 1. The summed E-state index contributed by atoms with van der Waals surface area (Å²) in [5.41, 5.74) is 7.54. The van der Waals surface area contributed by atoms with Gasteiger partial charge in [-0.2, -0.15) is 0 Å². The number of primary amides is 1. The van der Waals surface area contributed by atoms with Gasteiger partial charge in [0.25, 0.3) is 23.6 Å². The van der Waals surface area contributed by atoms with E-state index in [0.29, 0.717) is 13.1 Å². The summed E-state index contributed by atoms with van der Waals surface area (Å²) in [6, 6.07) is 23.9. The predicted molar refractivity (Wildman–Crippen MR) is 180 cm³/mol. The van der Waals surface area contributed by atoms with Gasteiger partial charge in [0, 0.05) is 32.6 Å². The third-order valence-corrected chi connectivity index (χ3v) is 9.26. The summed E-state index contributed by atoms with van der Waals surface area (Å²) in [7, 11) is 0. The van der Waals surface area contributed by atoms with Gasteiger partial charge in [-0.05, 0) is 29.7 Å². The second kappa shape index (κ2) is 15.4. The topological polar surface area (TPSA) is 160 Å². The number of nitrogens with two attached hydrogens (primary N) is 1. The van der Waals surface area contributed by atoms with Crippen molar-refractivity contribution in [2.24, 2.45) is 5.73 Å². The van der Waals surface area contributed by atoms with Crippen molar-refractivity contribution >= 4 is 35.4 Å². The van der Waals surface area contributed by atoms with Gasteiger partial charge in [0.1, 0.15) is 11.8 Å². The maximum Gasteiger partial charge on any atom is 0.266 e. The number of benzene rings is 3. The van der Waals surface area contributed by atoms with Gasteiger partial charge in [-0.1, -0.05) is 66.7 Å². The number of hydrogen-bond donors (Lipinski definition) is 1. The summed E-state index contributed by atoms with van der Waals surface area (Å²) in [5.74, 6) is -3.33. The Kier molecular flexibility index (Phi) is 10.6. The fraction of sp³-hybridized carbons (Fsp3) is 0.351. The van der Waals surface area contributed by atoms with Crippen LogP contribution in [0.4, 0.5) is 0 Å². The largest absolute Gasteiger partial charge is 0.483 e. The first-order valence-corrected chi connectivity index (χ1v) is 16.7. The smallest absolute Gasteiger partial charge is 0.266 e. The lowest BCUT2D eigenvalue weighted by Gasteiger charge is -2.40. The Morgan fingerprint density at radius 1 is 0.800 bits per heavy atom. The third-order valence-electron chi connectivity index (χ3n) is 9.26. The van der Waals surface area contributed by atoms with Gasteiger partial charge >= 0.3 is 0 Å². The van der Waals surface area contributed by atoms with Crippen molar-refractivity contribution in [1.82, 2.24) is 19.6 Å². The molecule has 6 rings (SSSR count). The number of rotatable bonds is 13. The summed E-state index contributed by atoms with van der Waals surface area (Å²) < 4.78 is 11.0. The molecule has 0 radical (unpaired) electrons. The van der Waals surface area contributed by atoms with Crippen LogP contribution in [0, 0.1) is 0 Å². The number of amides is 6. The minimum absolute atomic E-state index is 0.00564. The van der Waals surface area contributed by atoms with E-state index < -0.39 is 42.2 Å². The Morgan fingerprint density at radius 2 is 1.46 bits per heavy atom. The van der Waals surface area contributed by atoms with Crippen LogP contribution in [0.3, 0.4) is 0 Å². The Labute approximate surface area is 289 Å². The van der Waals surface area contributed by atoms with E-state index in [1.165, 1.54) is 29.3 Å². The number of hydrogen-bond acceptors (Lipinski definition) is 9. The average molecular weight is 682 g/mol. The Hall–Kier alpha value is -5.40. The molecule has 0 saturated carbocycles. The molecule has 13 nitrogen and oxygen atoms in total. The molecule has 3 heterocycles. The zero-order chi connectivity index (χ0) is 35.2. The summed E-state index contributed by atoms with van der Waals surface area (Å²) in [5, 5.41) is 0. The normalized spacial score (nSPS) is 18.2. The molecule has 6 amide bonds. The second-order valence-electron chi connectivity index (χ2n) is 12.4. The maximum atomic E-state index is 13.4. The summed E-state index contributed by atoms with van der Waals surface area (Å²) >= 11 is 0. The number of nitrogens with zero attached hydrogens (tertiary/aromatic N) is 4. The van der Waals surface area contributed by atoms with E-state index >= 15 is 0 Å². The van der Waals surface area contributed by atoms with E-state index in [0.717, 1.165) is 22.9 Å². The summed E-state index contributed by atoms with van der Waals surface area (Å²) in [4.78, 5) is 83.1. The van der Waals surface area contributed by atoms with Crippen LogP contribution < -0.4 is 10.5 Å². The lowest BCUT2D eigenvalue weighted by atomic mass is 9.96.